The summed E-state index contributed by atoms with van der Waals surface area (Å²) in [6.45, 7) is 0.390. The number of nitrogens with one attached hydrogen (secondary N) is 1. The normalized spacial score (nSPS) is 14.6. The lowest BCUT2D eigenvalue weighted by Gasteiger charge is -2.30. The van der Waals surface area contributed by atoms with Crippen LogP contribution < -0.4 is 9.03 Å². The lowest BCUT2D eigenvalue weighted by molar-refractivity contribution is 0.589. The topological polar surface area (TPSA) is 49.4 Å². The molecule has 0 aromatic heterocycles. The number of nitrogens with zero attached hydrogens (tertiary/aromatic N) is 1. The average molecular weight is 306 g/mol. The summed E-state index contributed by atoms with van der Waals surface area (Å²) in [5.41, 5.74) is 1.61. The molecule has 2 aromatic rings. The highest BCUT2D eigenvalue weighted by Crippen LogP contribution is 2.29. The van der Waals surface area contributed by atoms with Gasteiger partial charge >= 0.3 is 10.2 Å². The fourth-order valence-corrected chi connectivity index (χ4v) is 3.85. The number of halogens is 1. The van der Waals surface area contributed by atoms with Crippen molar-refractivity contribution in [3.05, 3.63) is 59.9 Å². The van der Waals surface area contributed by atoms with Gasteiger partial charge in [-0.05, 0) is 36.6 Å². The maximum atomic E-state index is 13.6. The van der Waals surface area contributed by atoms with E-state index in [0.29, 0.717) is 12.2 Å². The highest BCUT2D eigenvalue weighted by Gasteiger charge is 2.27. The van der Waals surface area contributed by atoms with Crippen molar-refractivity contribution in [2.24, 2.45) is 0 Å². The highest BCUT2D eigenvalue weighted by atomic mass is 32.2. The summed E-state index contributed by atoms with van der Waals surface area (Å²) >= 11 is 0. The summed E-state index contributed by atoms with van der Waals surface area (Å²) in [4.78, 5) is 0. The van der Waals surface area contributed by atoms with Gasteiger partial charge in [-0.25, -0.2) is 4.39 Å². The number of para-hydroxylation sites is 2. The average Bonchev–Trinajstić information content (AvgIpc) is 2.49. The molecule has 0 spiro atoms. The number of hydrogen-bond donors (Lipinski definition) is 1. The molecule has 110 valence electrons. The molecule has 1 aliphatic heterocycles. The minimum absolute atomic E-state index is 0.0412. The van der Waals surface area contributed by atoms with Crippen molar-refractivity contribution in [3.8, 4) is 0 Å². The van der Waals surface area contributed by atoms with Crippen molar-refractivity contribution in [2.45, 2.75) is 12.8 Å². The molecule has 0 radical (unpaired) electrons. The Hall–Kier alpha value is -2.08. The van der Waals surface area contributed by atoms with Crippen LogP contribution in [0.4, 0.5) is 15.8 Å². The summed E-state index contributed by atoms with van der Waals surface area (Å²) in [5.74, 6) is -0.591. The van der Waals surface area contributed by atoms with E-state index < -0.39 is 16.0 Å². The number of rotatable bonds is 3. The molecule has 0 bridgehead atoms. The zero-order valence-electron chi connectivity index (χ0n) is 11.3. The maximum absolute atomic E-state index is 13.6. The Morgan fingerprint density at radius 3 is 2.57 bits per heavy atom. The van der Waals surface area contributed by atoms with Crippen LogP contribution in [0.25, 0.3) is 0 Å². The Kier molecular flexibility index (Phi) is 3.55. The molecule has 0 unspecified atom stereocenters. The van der Waals surface area contributed by atoms with Gasteiger partial charge in [0.2, 0.25) is 0 Å². The van der Waals surface area contributed by atoms with Crippen molar-refractivity contribution in [1.82, 2.24) is 0 Å². The molecule has 0 aliphatic carbocycles. The van der Waals surface area contributed by atoms with E-state index >= 15 is 0 Å². The molecule has 21 heavy (non-hydrogen) atoms. The standard InChI is InChI=1S/C15H15FN2O2S/c16-13-8-2-3-9-14(13)17-21(19,20)18-11-5-7-12-6-1-4-10-15(12)18/h1-4,6,8-10,17H,5,7,11H2. The van der Waals surface area contributed by atoms with E-state index in [2.05, 4.69) is 4.72 Å². The number of anilines is 2. The van der Waals surface area contributed by atoms with Crippen LogP contribution in [-0.2, 0) is 16.6 Å². The second-order valence-electron chi connectivity index (χ2n) is 4.89. The van der Waals surface area contributed by atoms with Gasteiger partial charge in [0.15, 0.2) is 0 Å². The fourth-order valence-electron chi connectivity index (χ4n) is 2.49. The van der Waals surface area contributed by atoms with Crippen LogP contribution in [0.1, 0.15) is 12.0 Å². The summed E-state index contributed by atoms with van der Waals surface area (Å²) in [6.07, 6.45) is 1.59. The van der Waals surface area contributed by atoms with Crippen LogP contribution in [0.15, 0.2) is 48.5 Å². The molecule has 6 heteroatoms. The predicted octanol–water partition coefficient (Wildman–Crippen LogP) is 2.94. The van der Waals surface area contributed by atoms with Gasteiger partial charge in [0, 0.05) is 6.54 Å². The first kappa shape index (κ1) is 13.9. The largest absolute Gasteiger partial charge is 0.324 e. The predicted molar refractivity (Wildman–Crippen MR) is 81.1 cm³/mol. The monoisotopic (exact) mass is 306 g/mol. The van der Waals surface area contributed by atoms with E-state index in [9.17, 15) is 12.8 Å². The van der Waals surface area contributed by atoms with Crippen LogP contribution in [0.5, 0.6) is 0 Å². The van der Waals surface area contributed by atoms with Crippen LogP contribution in [0, 0.1) is 5.82 Å². The van der Waals surface area contributed by atoms with Crippen molar-refractivity contribution < 1.29 is 12.8 Å². The number of benzene rings is 2. The molecule has 4 nitrogen and oxygen atoms in total. The number of hydrogen-bond acceptors (Lipinski definition) is 2. The summed E-state index contributed by atoms with van der Waals surface area (Å²) in [6, 6.07) is 13.1. The van der Waals surface area contributed by atoms with Crippen molar-refractivity contribution in [1.29, 1.82) is 0 Å². The molecular formula is C15H15FN2O2S. The summed E-state index contributed by atoms with van der Waals surface area (Å²) in [5, 5.41) is 0. The van der Waals surface area contributed by atoms with E-state index in [1.54, 1.807) is 18.2 Å². The third-order valence-electron chi connectivity index (χ3n) is 3.47. The summed E-state index contributed by atoms with van der Waals surface area (Å²) in [7, 11) is -3.83. The van der Waals surface area contributed by atoms with E-state index in [1.807, 2.05) is 12.1 Å². The molecule has 0 saturated carbocycles. The van der Waals surface area contributed by atoms with Crippen molar-refractivity contribution >= 4 is 21.6 Å². The van der Waals surface area contributed by atoms with Gasteiger partial charge in [0.1, 0.15) is 5.82 Å². The molecule has 0 saturated heterocycles. The van der Waals surface area contributed by atoms with Crippen molar-refractivity contribution in [2.75, 3.05) is 15.6 Å². The quantitative estimate of drug-likeness (QED) is 0.948. The smallest absolute Gasteiger partial charge is 0.264 e. The van der Waals surface area contributed by atoms with E-state index in [4.69, 9.17) is 0 Å². The Balaban J connectivity index is 1.95. The lowest BCUT2D eigenvalue weighted by atomic mass is 10.0. The first-order valence-electron chi connectivity index (χ1n) is 6.71. The Bertz CT molecular complexity index is 762. The van der Waals surface area contributed by atoms with Gasteiger partial charge in [0.25, 0.3) is 0 Å². The van der Waals surface area contributed by atoms with Crippen LogP contribution in [-0.4, -0.2) is 15.0 Å². The van der Waals surface area contributed by atoms with Crippen LogP contribution in [0.2, 0.25) is 0 Å². The fraction of sp³-hybridized carbons (Fsp3) is 0.200. The third-order valence-corrected chi connectivity index (χ3v) is 4.91. The zero-order valence-corrected chi connectivity index (χ0v) is 12.1. The van der Waals surface area contributed by atoms with Gasteiger partial charge in [-0.1, -0.05) is 30.3 Å². The van der Waals surface area contributed by atoms with E-state index in [1.165, 1.54) is 22.5 Å². The molecular weight excluding hydrogens is 291 g/mol. The van der Waals surface area contributed by atoms with Crippen molar-refractivity contribution in [3.63, 3.8) is 0 Å². The van der Waals surface area contributed by atoms with E-state index in [0.717, 1.165) is 18.4 Å². The summed E-state index contributed by atoms with van der Waals surface area (Å²) < 4.78 is 42.3. The first-order chi connectivity index (χ1) is 10.1. The molecule has 1 heterocycles. The van der Waals surface area contributed by atoms with Gasteiger partial charge in [0.05, 0.1) is 11.4 Å². The molecule has 0 atom stereocenters. The minimum atomic E-state index is -3.83. The molecule has 0 fully saturated rings. The Morgan fingerprint density at radius 1 is 1.05 bits per heavy atom. The van der Waals surface area contributed by atoms with Gasteiger partial charge in [-0.3, -0.25) is 9.03 Å². The zero-order chi connectivity index (χ0) is 14.9. The van der Waals surface area contributed by atoms with Gasteiger partial charge in [-0.15, -0.1) is 0 Å². The molecule has 0 amide bonds. The second kappa shape index (κ2) is 5.37. The van der Waals surface area contributed by atoms with E-state index in [-0.39, 0.29) is 5.69 Å². The second-order valence-corrected chi connectivity index (χ2v) is 6.49. The maximum Gasteiger partial charge on any atom is 0.324 e. The van der Waals surface area contributed by atoms with Crippen LogP contribution in [0.3, 0.4) is 0 Å². The lowest BCUT2D eigenvalue weighted by Crippen LogP contribution is -2.39. The highest BCUT2D eigenvalue weighted by molar-refractivity contribution is 7.94. The Morgan fingerprint density at radius 2 is 1.76 bits per heavy atom. The molecule has 1 N–H and O–H groups in total. The molecule has 3 rings (SSSR count). The first-order valence-corrected chi connectivity index (χ1v) is 8.15. The number of aryl methyl sites for hydroxylation is 1. The third kappa shape index (κ3) is 2.71. The van der Waals surface area contributed by atoms with Gasteiger partial charge < -0.3 is 0 Å². The Labute approximate surface area is 123 Å². The minimum Gasteiger partial charge on any atom is -0.264 e. The molecule has 2 aromatic carbocycles. The molecule has 1 aliphatic rings. The SMILES string of the molecule is O=S(=O)(Nc1ccccc1F)N1CCCc2ccccc21. The van der Waals surface area contributed by atoms with Gasteiger partial charge in [-0.2, -0.15) is 8.42 Å². The number of fused-ring (bicyclic) bond motifs is 1. The van der Waals surface area contributed by atoms with Crippen LogP contribution >= 0.6 is 0 Å².